The summed E-state index contributed by atoms with van der Waals surface area (Å²) in [5.41, 5.74) is -0.240. The molecule has 0 unspecified atom stereocenters. The zero-order valence-corrected chi connectivity index (χ0v) is 10.5. The van der Waals surface area contributed by atoms with E-state index in [-0.39, 0.29) is 12.4 Å². The predicted octanol–water partition coefficient (Wildman–Crippen LogP) is 2.92. The van der Waals surface area contributed by atoms with Crippen LogP contribution < -0.4 is 0 Å². The second-order valence-corrected chi connectivity index (χ2v) is 4.52. The smallest absolute Gasteiger partial charge is 0.282 e. The van der Waals surface area contributed by atoms with Crippen LogP contribution in [-0.2, 0) is 11.5 Å². The van der Waals surface area contributed by atoms with E-state index in [1.807, 2.05) is 6.26 Å². The number of aromatic nitrogens is 2. The summed E-state index contributed by atoms with van der Waals surface area (Å²) < 4.78 is 31.6. The first-order valence-electron chi connectivity index (χ1n) is 4.23. The van der Waals surface area contributed by atoms with Crippen molar-refractivity contribution in [2.45, 2.75) is 13.2 Å². The third-order valence-corrected chi connectivity index (χ3v) is 2.83. The van der Waals surface area contributed by atoms with Crippen molar-refractivity contribution in [1.29, 1.82) is 0 Å². The number of ether oxygens (including phenoxy) is 1. The third-order valence-electron chi connectivity index (χ3n) is 1.62. The van der Waals surface area contributed by atoms with Crippen LogP contribution in [0, 0.1) is 0 Å². The van der Waals surface area contributed by atoms with E-state index in [4.69, 9.17) is 4.74 Å². The van der Waals surface area contributed by atoms with Gasteiger partial charge in [-0.15, -0.1) is 0 Å². The van der Waals surface area contributed by atoms with Crippen molar-refractivity contribution < 1.29 is 13.5 Å². The number of hydrogen-bond acceptors (Lipinski definition) is 3. The van der Waals surface area contributed by atoms with Crippen molar-refractivity contribution in [2.24, 2.45) is 0 Å². The number of nitrogens with zero attached hydrogens (tertiary/aromatic N) is 2. The van der Waals surface area contributed by atoms with Crippen LogP contribution in [0.5, 0.6) is 0 Å². The molecule has 15 heavy (non-hydrogen) atoms. The van der Waals surface area contributed by atoms with Crippen LogP contribution in [0.3, 0.4) is 0 Å². The predicted molar refractivity (Wildman–Crippen MR) is 59.2 cm³/mol. The fourth-order valence-corrected chi connectivity index (χ4v) is 1.60. The molecular weight excluding hydrogens is 290 g/mol. The number of thioether (sulfide) groups is 1. The Morgan fingerprint density at radius 2 is 2.40 bits per heavy atom. The summed E-state index contributed by atoms with van der Waals surface area (Å²) in [5, 5.41) is 3.69. The highest BCUT2D eigenvalue weighted by atomic mass is 79.9. The number of alkyl halides is 2. The van der Waals surface area contributed by atoms with Gasteiger partial charge in [0.2, 0.25) is 0 Å². The highest BCUT2D eigenvalue weighted by Gasteiger charge is 2.13. The largest absolute Gasteiger partial charge is 0.358 e. The van der Waals surface area contributed by atoms with E-state index in [1.165, 1.54) is 10.7 Å². The van der Waals surface area contributed by atoms with Gasteiger partial charge < -0.3 is 4.74 Å². The fourth-order valence-electron chi connectivity index (χ4n) is 0.903. The minimum Gasteiger partial charge on any atom is -0.358 e. The summed E-state index contributed by atoms with van der Waals surface area (Å²) in [6.45, 7) is 0.769. The van der Waals surface area contributed by atoms with Crippen molar-refractivity contribution in [2.75, 3.05) is 18.6 Å². The van der Waals surface area contributed by atoms with Crippen molar-refractivity contribution in [1.82, 2.24) is 9.78 Å². The van der Waals surface area contributed by atoms with Crippen molar-refractivity contribution >= 4 is 27.7 Å². The van der Waals surface area contributed by atoms with Gasteiger partial charge in [-0.25, -0.2) is 13.5 Å². The Bertz CT molecular complexity index is 309. The Morgan fingerprint density at radius 1 is 1.67 bits per heavy atom. The molecule has 3 nitrogen and oxygen atoms in total. The van der Waals surface area contributed by atoms with Gasteiger partial charge in [0.05, 0.1) is 6.61 Å². The maximum atomic E-state index is 12.3. The van der Waals surface area contributed by atoms with E-state index in [9.17, 15) is 8.78 Å². The van der Waals surface area contributed by atoms with Crippen molar-refractivity contribution in [3.8, 4) is 0 Å². The molecular formula is C8H11BrF2N2OS. The minimum atomic E-state index is -2.55. The Balaban J connectivity index is 2.46. The molecule has 0 N–H and O–H groups in total. The van der Waals surface area contributed by atoms with Crippen LogP contribution in [0.4, 0.5) is 8.78 Å². The maximum absolute atomic E-state index is 12.3. The van der Waals surface area contributed by atoms with Gasteiger partial charge in [-0.05, 0) is 28.3 Å². The standard InChI is InChI=1S/C8H11BrF2N2OS/c1-15-3-2-14-5-13-7(9)4-6(12-13)8(10)11/h4,8H,2-3,5H2,1H3. The first-order valence-corrected chi connectivity index (χ1v) is 6.42. The van der Waals surface area contributed by atoms with Gasteiger partial charge in [0, 0.05) is 5.75 Å². The lowest BCUT2D eigenvalue weighted by Gasteiger charge is -2.04. The van der Waals surface area contributed by atoms with Gasteiger partial charge in [-0.2, -0.15) is 16.9 Å². The van der Waals surface area contributed by atoms with E-state index >= 15 is 0 Å². The molecule has 0 saturated heterocycles. The van der Waals surface area contributed by atoms with E-state index in [0.29, 0.717) is 11.2 Å². The molecule has 86 valence electrons. The topological polar surface area (TPSA) is 27.1 Å². The summed E-state index contributed by atoms with van der Waals surface area (Å²) in [4.78, 5) is 0. The molecule has 1 rings (SSSR count). The van der Waals surface area contributed by atoms with Crippen LogP contribution in [-0.4, -0.2) is 28.4 Å². The Morgan fingerprint density at radius 3 is 2.93 bits per heavy atom. The van der Waals surface area contributed by atoms with Gasteiger partial charge in [0.25, 0.3) is 6.43 Å². The number of hydrogen-bond donors (Lipinski definition) is 0. The van der Waals surface area contributed by atoms with Crippen LogP contribution in [0.25, 0.3) is 0 Å². The van der Waals surface area contributed by atoms with Crippen molar-refractivity contribution in [3.63, 3.8) is 0 Å². The lowest BCUT2D eigenvalue weighted by Crippen LogP contribution is -2.07. The molecule has 0 atom stereocenters. The Kier molecular flexibility index (Phi) is 5.55. The number of halogens is 3. The zero-order valence-electron chi connectivity index (χ0n) is 8.12. The molecule has 0 spiro atoms. The average Bonchev–Trinajstić information content (AvgIpc) is 2.55. The molecule has 0 bridgehead atoms. The van der Waals surface area contributed by atoms with Crippen molar-refractivity contribution in [3.05, 3.63) is 16.4 Å². The lowest BCUT2D eigenvalue weighted by molar-refractivity contribution is 0.0770. The maximum Gasteiger partial charge on any atom is 0.282 e. The Hall–Kier alpha value is -0.140. The van der Waals surface area contributed by atoms with E-state index in [0.717, 1.165) is 5.75 Å². The normalized spacial score (nSPS) is 11.3. The van der Waals surface area contributed by atoms with Crippen LogP contribution in [0.15, 0.2) is 10.7 Å². The summed E-state index contributed by atoms with van der Waals surface area (Å²) in [6, 6.07) is 1.29. The minimum absolute atomic E-state index is 0.188. The molecule has 0 fully saturated rings. The van der Waals surface area contributed by atoms with Crippen LogP contribution in [0.2, 0.25) is 0 Å². The highest BCUT2D eigenvalue weighted by molar-refractivity contribution is 9.10. The highest BCUT2D eigenvalue weighted by Crippen LogP contribution is 2.21. The summed E-state index contributed by atoms with van der Waals surface area (Å²) in [7, 11) is 0. The molecule has 1 aromatic rings. The van der Waals surface area contributed by atoms with E-state index in [1.54, 1.807) is 11.8 Å². The third kappa shape index (κ3) is 4.08. The van der Waals surface area contributed by atoms with Gasteiger partial charge in [-0.1, -0.05) is 0 Å². The van der Waals surface area contributed by atoms with E-state index < -0.39 is 6.43 Å². The molecule has 0 radical (unpaired) electrons. The monoisotopic (exact) mass is 300 g/mol. The molecule has 0 aliphatic carbocycles. The average molecular weight is 301 g/mol. The van der Waals surface area contributed by atoms with Crippen LogP contribution in [0.1, 0.15) is 12.1 Å². The molecule has 1 aromatic heterocycles. The SMILES string of the molecule is CSCCOCn1nc(C(F)F)cc1Br. The second-order valence-electron chi connectivity index (χ2n) is 2.72. The molecule has 0 aromatic carbocycles. The van der Waals surface area contributed by atoms with Gasteiger partial charge in [0.15, 0.2) is 0 Å². The molecule has 0 saturated carbocycles. The van der Waals surface area contributed by atoms with Crippen LogP contribution >= 0.6 is 27.7 Å². The lowest BCUT2D eigenvalue weighted by atomic mass is 10.5. The first kappa shape index (κ1) is 12.9. The van der Waals surface area contributed by atoms with E-state index in [2.05, 4.69) is 21.0 Å². The van der Waals surface area contributed by atoms with Gasteiger partial charge in [0.1, 0.15) is 17.0 Å². The molecule has 0 aliphatic heterocycles. The molecule has 7 heteroatoms. The Labute approximate surface area is 99.3 Å². The molecule has 0 aliphatic rings. The molecule has 0 amide bonds. The fraction of sp³-hybridized carbons (Fsp3) is 0.625. The second kappa shape index (κ2) is 6.44. The van der Waals surface area contributed by atoms with Gasteiger partial charge >= 0.3 is 0 Å². The molecule has 1 heterocycles. The summed E-state index contributed by atoms with van der Waals surface area (Å²) in [5.74, 6) is 0.876. The van der Waals surface area contributed by atoms with Gasteiger partial charge in [-0.3, -0.25) is 0 Å². The zero-order chi connectivity index (χ0) is 11.3. The first-order chi connectivity index (χ1) is 7.15. The summed E-state index contributed by atoms with van der Waals surface area (Å²) >= 11 is 4.80. The number of rotatable bonds is 6. The quantitative estimate of drug-likeness (QED) is 0.756. The summed E-state index contributed by atoms with van der Waals surface area (Å²) in [6.07, 6.45) is -0.573.